The van der Waals surface area contributed by atoms with Crippen LogP contribution in [0.4, 0.5) is 0 Å². The first-order valence-electron chi connectivity index (χ1n) is 8.51. The molecule has 1 aromatic rings. The fourth-order valence-electron chi connectivity index (χ4n) is 2.44. The SMILES string of the molecule is CCC(=O)N(Cc1ccc(C)cc1)[C@@H](CC)C(=O)NCC(C)C. The van der Waals surface area contributed by atoms with Crippen LogP contribution in [0.1, 0.15) is 51.7 Å². The number of amides is 2. The first kappa shape index (κ1) is 19.2. The number of hydrogen-bond acceptors (Lipinski definition) is 2. The molecule has 1 rings (SSSR count). The van der Waals surface area contributed by atoms with E-state index in [9.17, 15) is 9.59 Å². The van der Waals surface area contributed by atoms with Gasteiger partial charge < -0.3 is 10.2 Å². The van der Waals surface area contributed by atoms with Crippen molar-refractivity contribution < 1.29 is 9.59 Å². The maximum absolute atomic E-state index is 12.5. The molecule has 0 aromatic heterocycles. The monoisotopic (exact) mass is 318 g/mol. The standard InChI is InChI=1S/C19H30N2O2/c1-6-17(19(23)20-12-14(3)4)21(18(22)7-2)13-16-10-8-15(5)9-11-16/h8-11,14,17H,6-7,12-13H2,1-5H3,(H,20,23)/t17-/m0/s1. The van der Waals surface area contributed by atoms with Crippen molar-refractivity contribution in [2.24, 2.45) is 5.92 Å². The Hall–Kier alpha value is -1.84. The average molecular weight is 318 g/mol. The smallest absolute Gasteiger partial charge is 0.242 e. The molecule has 0 saturated carbocycles. The fraction of sp³-hybridized carbons (Fsp3) is 0.579. The van der Waals surface area contributed by atoms with Crippen molar-refractivity contribution in [1.29, 1.82) is 0 Å². The van der Waals surface area contributed by atoms with Crippen molar-refractivity contribution in [1.82, 2.24) is 10.2 Å². The summed E-state index contributed by atoms with van der Waals surface area (Å²) >= 11 is 0. The van der Waals surface area contributed by atoms with Crippen LogP contribution in [0, 0.1) is 12.8 Å². The highest BCUT2D eigenvalue weighted by Crippen LogP contribution is 2.14. The summed E-state index contributed by atoms with van der Waals surface area (Å²) in [6.45, 7) is 11.0. The van der Waals surface area contributed by atoms with Gasteiger partial charge in [-0.1, -0.05) is 57.5 Å². The second-order valence-corrected chi connectivity index (χ2v) is 6.42. The normalized spacial score (nSPS) is 12.1. The molecule has 0 heterocycles. The van der Waals surface area contributed by atoms with Gasteiger partial charge in [0.05, 0.1) is 0 Å². The van der Waals surface area contributed by atoms with E-state index in [2.05, 4.69) is 19.2 Å². The lowest BCUT2D eigenvalue weighted by molar-refractivity contribution is -0.141. The highest BCUT2D eigenvalue weighted by molar-refractivity contribution is 5.87. The summed E-state index contributed by atoms with van der Waals surface area (Å²) in [5.74, 6) is 0.344. The van der Waals surface area contributed by atoms with Gasteiger partial charge in [-0.2, -0.15) is 0 Å². The zero-order valence-corrected chi connectivity index (χ0v) is 15.1. The number of rotatable bonds is 8. The maximum atomic E-state index is 12.5. The molecule has 0 saturated heterocycles. The van der Waals surface area contributed by atoms with Gasteiger partial charge in [-0.25, -0.2) is 0 Å². The Labute approximate surface area is 140 Å². The van der Waals surface area contributed by atoms with Crippen molar-refractivity contribution >= 4 is 11.8 Å². The Bertz CT molecular complexity index is 509. The van der Waals surface area contributed by atoms with Crippen LogP contribution in [0.5, 0.6) is 0 Å². The predicted octanol–water partition coefficient (Wildman–Crippen LogP) is 3.28. The van der Waals surface area contributed by atoms with Crippen LogP contribution in [0.3, 0.4) is 0 Å². The van der Waals surface area contributed by atoms with Gasteiger partial charge in [-0.15, -0.1) is 0 Å². The van der Waals surface area contributed by atoms with Gasteiger partial charge >= 0.3 is 0 Å². The Kier molecular flexibility index (Phi) is 7.79. The van der Waals surface area contributed by atoms with Crippen molar-refractivity contribution in [2.45, 2.75) is 60.0 Å². The highest BCUT2D eigenvalue weighted by Gasteiger charge is 2.27. The van der Waals surface area contributed by atoms with Crippen LogP contribution in [-0.2, 0) is 16.1 Å². The lowest BCUT2D eigenvalue weighted by Gasteiger charge is -2.30. The summed E-state index contributed by atoms with van der Waals surface area (Å²) < 4.78 is 0. The number of benzene rings is 1. The zero-order valence-electron chi connectivity index (χ0n) is 15.1. The number of carbonyl (C=O) groups is 2. The van der Waals surface area contributed by atoms with E-state index in [4.69, 9.17) is 0 Å². The van der Waals surface area contributed by atoms with Crippen LogP contribution >= 0.6 is 0 Å². The first-order chi connectivity index (χ1) is 10.9. The molecule has 0 aliphatic heterocycles. The van der Waals surface area contributed by atoms with E-state index in [-0.39, 0.29) is 11.8 Å². The van der Waals surface area contributed by atoms with Crippen LogP contribution in [0.15, 0.2) is 24.3 Å². The highest BCUT2D eigenvalue weighted by atomic mass is 16.2. The molecule has 0 aliphatic rings. The molecular formula is C19H30N2O2. The third-order valence-corrected chi connectivity index (χ3v) is 3.85. The Morgan fingerprint density at radius 3 is 2.22 bits per heavy atom. The molecule has 4 nitrogen and oxygen atoms in total. The molecule has 4 heteroatoms. The number of nitrogens with zero attached hydrogens (tertiary/aromatic N) is 1. The molecule has 0 spiro atoms. The quantitative estimate of drug-likeness (QED) is 0.799. The number of nitrogens with one attached hydrogen (secondary N) is 1. The number of carbonyl (C=O) groups excluding carboxylic acids is 2. The summed E-state index contributed by atoms with van der Waals surface area (Å²) in [6.07, 6.45) is 1.02. The molecule has 1 N–H and O–H groups in total. The third kappa shape index (κ3) is 6.05. The topological polar surface area (TPSA) is 49.4 Å². The van der Waals surface area contributed by atoms with Crippen LogP contribution in [0.2, 0.25) is 0 Å². The number of aryl methyl sites for hydroxylation is 1. The Morgan fingerprint density at radius 1 is 1.13 bits per heavy atom. The molecular weight excluding hydrogens is 288 g/mol. The van der Waals surface area contributed by atoms with E-state index < -0.39 is 6.04 Å². The molecule has 23 heavy (non-hydrogen) atoms. The van der Waals surface area contributed by atoms with E-state index in [1.807, 2.05) is 45.0 Å². The van der Waals surface area contributed by atoms with Crippen molar-refractivity contribution in [3.63, 3.8) is 0 Å². The number of hydrogen-bond donors (Lipinski definition) is 1. The lowest BCUT2D eigenvalue weighted by Crippen LogP contribution is -2.49. The molecule has 1 atom stereocenters. The molecule has 0 fully saturated rings. The van der Waals surface area contributed by atoms with Crippen molar-refractivity contribution in [3.8, 4) is 0 Å². The summed E-state index contributed by atoms with van der Waals surface area (Å²) in [5.41, 5.74) is 2.23. The molecule has 1 aromatic carbocycles. The first-order valence-corrected chi connectivity index (χ1v) is 8.51. The predicted molar refractivity (Wildman–Crippen MR) is 93.9 cm³/mol. The minimum atomic E-state index is -0.414. The van der Waals surface area contributed by atoms with E-state index >= 15 is 0 Å². The van der Waals surface area contributed by atoms with Gasteiger partial charge in [-0.05, 0) is 24.8 Å². The second kappa shape index (κ2) is 9.33. The van der Waals surface area contributed by atoms with Gasteiger partial charge in [0.2, 0.25) is 11.8 Å². The maximum Gasteiger partial charge on any atom is 0.242 e. The van der Waals surface area contributed by atoms with Gasteiger partial charge in [0, 0.05) is 19.5 Å². The second-order valence-electron chi connectivity index (χ2n) is 6.42. The molecule has 0 radical (unpaired) electrons. The van der Waals surface area contributed by atoms with Crippen molar-refractivity contribution in [3.05, 3.63) is 35.4 Å². The van der Waals surface area contributed by atoms with Crippen molar-refractivity contribution in [2.75, 3.05) is 6.54 Å². The Balaban J connectivity index is 2.91. The van der Waals surface area contributed by atoms with Gasteiger partial charge in [0.15, 0.2) is 0 Å². The molecule has 0 aliphatic carbocycles. The Morgan fingerprint density at radius 2 is 1.74 bits per heavy atom. The third-order valence-electron chi connectivity index (χ3n) is 3.85. The average Bonchev–Trinajstić information content (AvgIpc) is 2.53. The molecule has 2 amide bonds. The minimum Gasteiger partial charge on any atom is -0.354 e. The largest absolute Gasteiger partial charge is 0.354 e. The van der Waals surface area contributed by atoms with Gasteiger partial charge in [-0.3, -0.25) is 9.59 Å². The van der Waals surface area contributed by atoms with E-state index in [0.717, 1.165) is 5.56 Å². The minimum absolute atomic E-state index is 0.0112. The summed E-state index contributed by atoms with van der Waals surface area (Å²) in [7, 11) is 0. The molecule has 128 valence electrons. The zero-order chi connectivity index (χ0) is 17.4. The van der Waals surface area contributed by atoms with E-state index in [1.54, 1.807) is 4.90 Å². The summed E-state index contributed by atoms with van der Waals surface area (Å²) in [5, 5.41) is 2.95. The van der Waals surface area contributed by atoms with Crippen LogP contribution in [-0.4, -0.2) is 29.3 Å². The summed E-state index contributed by atoms with van der Waals surface area (Å²) in [4.78, 5) is 26.6. The van der Waals surface area contributed by atoms with Gasteiger partial charge in [0.25, 0.3) is 0 Å². The molecule has 0 unspecified atom stereocenters. The van der Waals surface area contributed by atoms with Crippen LogP contribution in [0.25, 0.3) is 0 Å². The van der Waals surface area contributed by atoms with E-state index in [1.165, 1.54) is 5.56 Å². The fourth-order valence-corrected chi connectivity index (χ4v) is 2.44. The van der Waals surface area contributed by atoms with E-state index in [0.29, 0.717) is 31.8 Å². The van der Waals surface area contributed by atoms with Crippen LogP contribution < -0.4 is 5.32 Å². The lowest BCUT2D eigenvalue weighted by atomic mass is 10.1. The van der Waals surface area contributed by atoms with Gasteiger partial charge in [0.1, 0.15) is 6.04 Å². The summed E-state index contributed by atoms with van der Waals surface area (Å²) in [6, 6.07) is 7.68. The molecule has 0 bridgehead atoms.